The largest absolute Gasteiger partial charge is 0.388 e. The van der Waals surface area contributed by atoms with E-state index in [9.17, 15) is 0 Å². The number of hydrogen-bond donors (Lipinski definition) is 6. The molecular formula is C44H58N8S. The van der Waals surface area contributed by atoms with Gasteiger partial charge in [-0.05, 0) is 141 Å². The van der Waals surface area contributed by atoms with Gasteiger partial charge in [0.2, 0.25) is 0 Å². The van der Waals surface area contributed by atoms with Crippen LogP contribution in [-0.4, -0.2) is 44.2 Å². The van der Waals surface area contributed by atoms with E-state index in [2.05, 4.69) is 186 Å². The third-order valence-corrected chi connectivity index (χ3v) is 8.72. The third-order valence-electron chi connectivity index (χ3n) is 7.94. The Bertz CT molecular complexity index is 2220. The van der Waals surface area contributed by atoms with Crippen LogP contribution in [0, 0.1) is 0 Å². The number of imidazole rings is 1. The molecule has 53 heavy (non-hydrogen) atoms. The summed E-state index contributed by atoms with van der Waals surface area (Å²) in [6.45, 7) is 15.0. The maximum absolute atomic E-state index is 4.16. The fourth-order valence-corrected chi connectivity index (χ4v) is 6.52. The molecule has 0 aliphatic carbocycles. The summed E-state index contributed by atoms with van der Waals surface area (Å²) in [7, 11) is 3.99. The Hall–Kier alpha value is -5.41. The van der Waals surface area contributed by atoms with Crippen molar-refractivity contribution in [3.8, 4) is 0 Å². The van der Waals surface area contributed by atoms with E-state index < -0.39 is 0 Å². The number of nitrogens with one attached hydrogen (secondary N) is 6. The first kappa shape index (κ1) is 40.4. The van der Waals surface area contributed by atoms with Gasteiger partial charge >= 0.3 is 0 Å². The third kappa shape index (κ3) is 12.1. The smallest absolute Gasteiger partial charge is 0.0931 e. The molecule has 280 valence electrons. The second kappa shape index (κ2) is 18.4. The molecule has 0 aliphatic heterocycles. The fraction of sp³-hybridized carbons (Fsp3) is 0.295. The molecule has 4 heterocycles. The molecule has 0 radical (unpaired) electrons. The first-order chi connectivity index (χ1) is 24.8. The van der Waals surface area contributed by atoms with Crippen molar-refractivity contribution in [3.05, 3.63) is 115 Å². The van der Waals surface area contributed by atoms with Gasteiger partial charge in [0.05, 0.1) is 17.4 Å². The highest BCUT2D eigenvalue weighted by molar-refractivity contribution is 7.09. The molecule has 8 aromatic rings. The SMILES string of the molecule is C.CC(C)Nc1ccc2cc[nH]c2c1.CC(C)Nc1ccc2nc[nH]c2c1.CNc1ccc2cscc2c1.Cn1cc2ccc(NC(C)(C)C)cc2c1. The summed E-state index contributed by atoms with van der Waals surface area (Å²) in [6, 6.07) is 28.4. The topological polar surface area (TPSA) is 97.5 Å². The summed E-state index contributed by atoms with van der Waals surface area (Å²) in [5, 5.41) is 24.1. The Morgan fingerprint density at radius 1 is 0.642 bits per heavy atom. The van der Waals surface area contributed by atoms with Gasteiger partial charge in [-0.1, -0.05) is 25.6 Å². The van der Waals surface area contributed by atoms with Gasteiger partial charge in [0.25, 0.3) is 0 Å². The highest BCUT2D eigenvalue weighted by Crippen LogP contribution is 2.24. The van der Waals surface area contributed by atoms with E-state index in [4.69, 9.17) is 0 Å². The van der Waals surface area contributed by atoms with Crippen LogP contribution in [0.5, 0.6) is 0 Å². The molecule has 8 nitrogen and oxygen atoms in total. The minimum absolute atomic E-state index is 0. The first-order valence-electron chi connectivity index (χ1n) is 17.9. The van der Waals surface area contributed by atoms with Crippen molar-refractivity contribution >= 4 is 77.6 Å². The second-order valence-corrected chi connectivity index (χ2v) is 15.4. The van der Waals surface area contributed by atoms with E-state index in [0.29, 0.717) is 12.1 Å². The van der Waals surface area contributed by atoms with Gasteiger partial charge in [0.15, 0.2) is 0 Å². The number of anilines is 4. The molecule has 0 unspecified atom stereocenters. The molecule has 0 saturated heterocycles. The number of aromatic amines is 2. The lowest BCUT2D eigenvalue weighted by Crippen LogP contribution is -2.25. The van der Waals surface area contributed by atoms with E-state index in [1.807, 2.05) is 25.4 Å². The van der Waals surface area contributed by atoms with Crippen LogP contribution < -0.4 is 21.3 Å². The number of aryl methyl sites for hydroxylation is 1. The molecule has 0 bridgehead atoms. The normalized spacial score (nSPS) is 10.9. The van der Waals surface area contributed by atoms with Crippen LogP contribution in [0.25, 0.3) is 43.5 Å². The first-order valence-corrected chi connectivity index (χ1v) is 18.8. The lowest BCUT2D eigenvalue weighted by atomic mass is 10.1. The van der Waals surface area contributed by atoms with Gasteiger partial charge in [0, 0.05) is 84.0 Å². The van der Waals surface area contributed by atoms with Crippen LogP contribution in [0.3, 0.4) is 0 Å². The molecule has 0 aliphatic rings. The molecule has 4 aromatic heterocycles. The van der Waals surface area contributed by atoms with Gasteiger partial charge in [-0.2, -0.15) is 11.3 Å². The Balaban J connectivity index is 0.000000158. The summed E-state index contributed by atoms with van der Waals surface area (Å²) >= 11 is 1.74. The quantitative estimate of drug-likeness (QED) is 0.102. The molecular weight excluding hydrogens is 673 g/mol. The standard InChI is InChI=1S/C13H18N2.C11H14N2.C10H13N3.C9H9NS.CH4/c1-13(2,3)14-12-6-5-10-8-15(4)9-11(10)7-12;1-8(2)13-10-4-3-9-5-6-12-11(9)7-10;1-7(2)13-8-3-4-9-10(5-8)12-6-11-9;1-10-9-3-2-7-5-11-6-8(7)4-9;/h5-9,14H,1-4H3;3-8,12-13H,1-2H3;3-7,13H,1-2H3,(H,11,12);2-6,10H,1H3;1H4. The number of H-pyrrole nitrogens is 2. The van der Waals surface area contributed by atoms with Gasteiger partial charge in [-0.3, -0.25) is 0 Å². The number of nitrogens with zero attached hydrogens (tertiary/aromatic N) is 2. The van der Waals surface area contributed by atoms with Crippen LogP contribution in [0.15, 0.2) is 115 Å². The molecule has 9 heteroatoms. The van der Waals surface area contributed by atoms with Crippen molar-refractivity contribution in [1.29, 1.82) is 0 Å². The van der Waals surface area contributed by atoms with Crippen LogP contribution >= 0.6 is 11.3 Å². The van der Waals surface area contributed by atoms with E-state index in [1.54, 1.807) is 17.7 Å². The van der Waals surface area contributed by atoms with Crippen LogP contribution in [0.2, 0.25) is 0 Å². The van der Waals surface area contributed by atoms with Gasteiger partial charge < -0.3 is 35.8 Å². The average molecular weight is 731 g/mol. The Labute approximate surface area is 319 Å². The molecule has 0 fully saturated rings. The summed E-state index contributed by atoms with van der Waals surface area (Å²) in [4.78, 5) is 10.4. The summed E-state index contributed by atoms with van der Waals surface area (Å²) in [5.74, 6) is 0. The second-order valence-electron chi connectivity index (χ2n) is 14.6. The average Bonchev–Trinajstić information content (AvgIpc) is 3.90. The van der Waals surface area contributed by atoms with Crippen molar-refractivity contribution < 1.29 is 0 Å². The van der Waals surface area contributed by atoms with E-state index >= 15 is 0 Å². The molecule has 0 amide bonds. The predicted octanol–water partition coefficient (Wildman–Crippen LogP) is 12.3. The Morgan fingerprint density at radius 2 is 1.23 bits per heavy atom. The van der Waals surface area contributed by atoms with Crippen molar-refractivity contribution in [2.45, 2.75) is 73.5 Å². The maximum Gasteiger partial charge on any atom is 0.0931 e. The minimum atomic E-state index is 0. The van der Waals surface area contributed by atoms with Crippen molar-refractivity contribution in [3.63, 3.8) is 0 Å². The predicted molar refractivity (Wildman–Crippen MR) is 236 cm³/mol. The van der Waals surface area contributed by atoms with Gasteiger partial charge in [-0.15, -0.1) is 0 Å². The Kier molecular flexibility index (Phi) is 14.0. The molecule has 6 N–H and O–H groups in total. The van der Waals surface area contributed by atoms with Crippen molar-refractivity contribution in [1.82, 2.24) is 19.5 Å². The van der Waals surface area contributed by atoms with Crippen LogP contribution in [-0.2, 0) is 7.05 Å². The van der Waals surface area contributed by atoms with Gasteiger partial charge in [0.1, 0.15) is 0 Å². The maximum atomic E-state index is 4.16. The Morgan fingerprint density at radius 3 is 1.92 bits per heavy atom. The highest BCUT2D eigenvalue weighted by Gasteiger charge is 2.09. The lowest BCUT2D eigenvalue weighted by Gasteiger charge is -2.22. The fourth-order valence-electron chi connectivity index (χ4n) is 5.74. The molecule has 0 spiro atoms. The number of aromatic nitrogens is 4. The van der Waals surface area contributed by atoms with E-state index in [-0.39, 0.29) is 13.0 Å². The number of hydrogen-bond acceptors (Lipinski definition) is 6. The zero-order valence-electron chi connectivity index (χ0n) is 31.9. The number of fused-ring (bicyclic) bond motifs is 4. The molecule has 0 atom stereocenters. The minimum Gasteiger partial charge on any atom is -0.388 e. The molecule has 0 saturated carbocycles. The van der Waals surface area contributed by atoms with Gasteiger partial charge in [-0.25, -0.2) is 4.98 Å². The molecule has 4 aromatic carbocycles. The van der Waals surface area contributed by atoms with Crippen molar-refractivity contribution in [2.75, 3.05) is 28.3 Å². The van der Waals surface area contributed by atoms with Crippen LogP contribution in [0.1, 0.15) is 55.9 Å². The number of benzene rings is 4. The number of thiophene rings is 1. The highest BCUT2D eigenvalue weighted by atomic mass is 32.1. The summed E-state index contributed by atoms with van der Waals surface area (Å²) < 4.78 is 2.09. The zero-order chi connectivity index (χ0) is 37.3. The van der Waals surface area contributed by atoms with Crippen LogP contribution in [0.4, 0.5) is 22.7 Å². The summed E-state index contributed by atoms with van der Waals surface area (Å²) in [5.41, 5.74) is 8.04. The molecule has 8 rings (SSSR count). The van der Waals surface area contributed by atoms with E-state index in [0.717, 1.165) is 16.7 Å². The summed E-state index contributed by atoms with van der Waals surface area (Å²) in [6.07, 6.45) is 7.95. The zero-order valence-corrected chi connectivity index (χ0v) is 32.7. The van der Waals surface area contributed by atoms with E-state index in [1.165, 1.54) is 49.5 Å². The number of rotatable bonds is 6. The monoisotopic (exact) mass is 730 g/mol. The lowest BCUT2D eigenvalue weighted by molar-refractivity contribution is 0.634. The van der Waals surface area contributed by atoms with Crippen molar-refractivity contribution in [2.24, 2.45) is 7.05 Å².